The molecular weight excluding hydrogens is 330 g/mol. The van der Waals surface area contributed by atoms with Crippen LogP contribution in [0.3, 0.4) is 0 Å². The maximum atomic E-state index is 13.3. The van der Waals surface area contributed by atoms with Gasteiger partial charge in [-0.3, -0.25) is 10.2 Å². The number of hydrogen-bond donors (Lipinski definition) is 2. The van der Waals surface area contributed by atoms with Crippen molar-refractivity contribution in [3.63, 3.8) is 0 Å². The smallest absolute Gasteiger partial charge is 0.272 e. The molecule has 0 saturated carbocycles. The average Bonchev–Trinajstić information content (AvgIpc) is 2.52. The molecular formula is C14H12F2N2O4S. The summed E-state index contributed by atoms with van der Waals surface area (Å²) in [6.45, 7) is -0.605. The number of carbonyl (C=O) groups excluding carboxylic acids is 1. The van der Waals surface area contributed by atoms with E-state index in [0.717, 1.165) is 24.3 Å². The zero-order valence-corrected chi connectivity index (χ0v) is 12.4. The fraction of sp³-hybridized carbons (Fsp3) is 0.0714. The molecule has 0 atom stereocenters. The van der Waals surface area contributed by atoms with E-state index >= 15 is 0 Å². The maximum absolute atomic E-state index is 13.3. The highest BCUT2D eigenvalue weighted by molar-refractivity contribution is 7.89. The van der Waals surface area contributed by atoms with E-state index < -0.39 is 34.2 Å². The normalized spacial score (nSPS) is 11.0. The molecule has 0 aliphatic carbocycles. The number of sulfonamides is 1. The van der Waals surface area contributed by atoms with Crippen molar-refractivity contribution in [2.24, 2.45) is 0 Å². The van der Waals surface area contributed by atoms with Gasteiger partial charge in [-0.1, -0.05) is 18.2 Å². The minimum absolute atomic E-state index is 0.143. The second-order valence-corrected chi connectivity index (χ2v) is 6.01. The second-order valence-electron chi connectivity index (χ2n) is 4.33. The lowest BCUT2D eigenvalue weighted by molar-refractivity contribution is -0.123. The highest BCUT2D eigenvalue weighted by atomic mass is 32.2. The van der Waals surface area contributed by atoms with Crippen molar-refractivity contribution in [3.05, 3.63) is 60.2 Å². The Morgan fingerprint density at radius 1 is 1.09 bits per heavy atom. The van der Waals surface area contributed by atoms with E-state index in [2.05, 4.69) is 0 Å². The molecule has 2 aromatic rings. The first-order valence-corrected chi connectivity index (χ1v) is 7.80. The zero-order chi connectivity index (χ0) is 16.9. The second kappa shape index (κ2) is 7.16. The monoisotopic (exact) mass is 342 g/mol. The molecule has 0 radical (unpaired) electrons. The quantitative estimate of drug-likeness (QED) is 0.776. The van der Waals surface area contributed by atoms with Crippen LogP contribution in [0.2, 0.25) is 0 Å². The van der Waals surface area contributed by atoms with E-state index in [0.29, 0.717) is 0 Å². The predicted octanol–water partition coefficient (Wildman–Crippen LogP) is 1.35. The van der Waals surface area contributed by atoms with Crippen molar-refractivity contribution >= 4 is 15.9 Å². The van der Waals surface area contributed by atoms with Crippen LogP contribution in [0.4, 0.5) is 8.78 Å². The van der Waals surface area contributed by atoms with Gasteiger partial charge < -0.3 is 4.74 Å². The molecule has 2 aromatic carbocycles. The SMILES string of the molecule is O=C(COc1ccccc1F)NNS(=O)(=O)c1cccc(F)c1. The summed E-state index contributed by atoms with van der Waals surface area (Å²) in [5, 5.41) is 0. The summed E-state index contributed by atoms with van der Waals surface area (Å²) in [6.07, 6.45) is 0. The van der Waals surface area contributed by atoms with Gasteiger partial charge in [0.05, 0.1) is 4.90 Å². The van der Waals surface area contributed by atoms with E-state index in [-0.39, 0.29) is 10.6 Å². The first-order valence-electron chi connectivity index (χ1n) is 6.32. The van der Waals surface area contributed by atoms with Crippen LogP contribution in [-0.4, -0.2) is 20.9 Å². The molecule has 9 heteroatoms. The van der Waals surface area contributed by atoms with Crippen molar-refractivity contribution in [2.45, 2.75) is 4.90 Å². The van der Waals surface area contributed by atoms with Crippen molar-refractivity contribution < 1.29 is 26.7 Å². The summed E-state index contributed by atoms with van der Waals surface area (Å²) in [7, 11) is -4.12. The van der Waals surface area contributed by atoms with Gasteiger partial charge >= 0.3 is 0 Å². The van der Waals surface area contributed by atoms with Crippen LogP contribution in [0.1, 0.15) is 0 Å². The highest BCUT2D eigenvalue weighted by Gasteiger charge is 2.16. The topological polar surface area (TPSA) is 84.5 Å². The number of carbonyl (C=O) groups is 1. The summed E-state index contributed by atoms with van der Waals surface area (Å²) >= 11 is 0. The molecule has 0 bridgehead atoms. The fourth-order valence-corrected chi connectivity index (χ4v) is 2.45. The molecule has 0 fully saturated rings. The van der Waals surface area contributed by atoms with Gasteiger partial charge in [0.2, 0.25) is 0 Å². The number of nitrogens with one attached hydrogen (secondary N) is 2. The third-order valence-corrected chi connectivity index (χ3v) is 3.87. The maximum Gasteiger partial charge on any atom is 0.272 e. The Bertz CT molecular complexity index is 812. The van der Waals surface area contributed by atoms with E-state index in [9.17, 15) is 22.0 Å². The number of benzene rings is 2. The van der Waals surface area contributed by atoms with Gasteiger partial charge in [0.1, 0.15) is 5.82 Å². The first kappa shape index (κ1) is 16.8. The van der Waals surface area contributed by atoms with Crippen molar-refractivity contribution in [3.8, 4) is 5.75 Å². The standard InChI is InChI=1S/C14H12F2N2O4S/c15-10-4-3-5-11(8-10)23(20,21)18-17-14(19)9-22-13-7-2-1-6-12(13)16/h1-8,18H,9H2,(H,17,19). The number of hydrogen-bond acceptors (Lipinski definition) is 4. The van der Waals surface area contributed by atoms with Crippen LogP contribution in [0.25, 0.3) is 0 Å². The Morgan fingerprint density at radius 3 is 2.52 bits per heavy atom. The molecule has 0 spiro atoms. The van der Waals surface area contributed by atoms with E-state index in [1.807, 2.05) is 5.43 Å². The first-order chi connectivity index (χ1) is 10.9. The highest BCUT2D eigenvalue weighted by Crippen LogP contribution is 2.15. The van der Waals surface area contributed by atoms with Gasteiger partial charge in [0.15, 0.2) is 18.2 Å². The largest absolute Gasteiger partial charge is 0.481 e. The van der Waals surface area contributed by atoms with Crippen molar-refractivity contribution in [1.82, 2.24) is 10.3 Å². The average molecular weight is 342 g/mol. The Balaban J connectivity index is 1.90. The number of halogens is 2. The Labute approximate surface area is 131 Å². The van der Waals surface area contributed by atoms with Gasteiger partial charge in [-0.25, -0.2) is 17.2 Å². The molecule has 2 N–H and O–H groups in total. The molecule has 122 valence electrons. The Hall–Kier alpha value is -2.52. The van der Waals surface area contributed by atoms with Crippen LogP contribution in [-0.2, 0) is 14.8 Å². The fourth-order valence-electron chi connectivity index (χ4n) is 1.56. The van der Waals surface area contributed by atoms with Crippen LogP contribution in [0, 0.1) is 11.6 Å². The van der Waals surface area contributed by atoms with Crippen LogP contribution in [0.5, 0.6) is 5.75 Å². The summed E-state index contributed by atoms with van der Waals surface area (Å²) in [6, 6.07) is 9.70. The predicted molar refractivity (Wildman–Crippen MR) is 76.8 cm³/mol. The van der Waals surface area contributed by atoms with Crippen molar-refractivity contribution in [2.75, 3.05) is 6.61 Å². The van der Waals surface area contributed by atoms with Crippen LogP contribution in [0.15, 0.2) is 53.4 Å². The van der Waals surface area contributed by atoms with Crippen molar-refractivity contribution in [1.29, 1.82) is 0 Å². The van der Waals surface area contributed by atoms with Gasteiger partial charge in [-0.15, -0.1) is 4.83 Å². The zero-order valence-electron chi connectivity index (χ0n) is 11.6. The minimum Gasteiger partial charge on any atom is -0.481 e. The van der Waals surface area contributed by atoms with E-state index in [1.54, 1.807) is 4.83 Å². The van der Waals surface area contributed by atoms with Gasteiger partial charge in [0.25, 0.3) is 15.9 Å². The summed E-state index contributed by atoms with van der Waals surface area (Å²) < 4.78 is 54.8. The number of hydrazine groups is 1. The number of ether oxygens (including phenoxy) is 1. The molecule has 0 aromatic heterocycles. The lowest BCUT2D eigenvalue weighted by atomic mass is 10.3. The third kappa shape index (κ3) is 4.73. The number of amides is 1. The molecule has 0 unspecified atom stereocenters. The van der Waals surface area contributed by atoms with E-state index in [4.69, 9.17) is 4.74 Å². The number of rotatable bonds is 6. The Morgan fingerprint density at radius 2 is 1.83 bits per heavy atom. The van der Waals surface area contributed by atoms with Gasteiger partial charge in [-0.05, 0) is 30.3 Å². The summed E-state index contributed by atoms with van der Waals surface area (Å²) in [5.74, 6) is -2.38. The van der Waals surface area contributed by atoms with Crippen LogP contribution >= 0.6 is 0 Å². The molecule has 0 aliphatic heterocycles. The van der Waals surface area contributed by atoms with Gasteiger partial charge in [0, 0.05) is 0 Å². The lowest BCUT2D eigenvalue weighted by Gasteiger charge is -2.10. The third-order valence-electron chi connectivity index (χ3n) is 2.63. The molecule has 0 aliphatic rings. The summed E-state index contributed by atoms with van der Waals surface area (Å²) in [5.41, 5.74) is 1.88. The van der Waals surface area contributed by atoms with Crippen LogP contribution < -0.4 is 15.0 Å². The molecule has 0 heterocycles. The summed E-state index contributed by atoms with van der Waals surface area (Å²) in [4.78, 5) is 12.9. The molecule has 23 heavy (non-hydrogen) atoms. The lowest BCUT2D eigenvalue weighted by Crippen LogP contribution is -2.43. The Kier molecular flexibility index (Phi) is 5.24. The molecule has 2 rings (SSSR count). The van der Waals surface area contributed by atoms with E-state index in [1.165, 1.54) is 24.3 Å². The molecule has 1 amide bonds. The molecule has 0 saturated heterocycles. The molecule has 6 nitrogen and oxygen atoms in total. The van der Waals surface area contributed by atoms with Gasteiger partial charge in [-0.2, -0.15) is 0 Å². The number of para-hydroxylation sites is 1. The minimum atomic E-state index is -4.12.